The SMILES string of the molecule is CCCn1nc(C(=O)NNC(=O)c2ccccc2SCc2cccs2)c2ccccc2c1=O. The van der Waals surface area contributed by atoms with Crippen LogP contribution < -0.4 is 16.4 Å². The molecule has 0 aliphatic rings. The number of hydrazine groups is 1. The van der Waals surface area contributed by atoms with Gasteiger partial charge in [0.2, 0.25) is 0 Å². The average Bonchev–Trinajstić information content (AvgIpc) is 3.37. The lowest BCUT2D eigenvalue weighted by atomic mass is 10.1. The van der Waals surface area contributed by atoms with Crippen LogP contribution in [0.5, 0.6) is 0 Å². The zero-order valence-electron chi connectivity index (χ0n) is 17.9. The molecule has 0 fully saturated rings. The number of thiophene rings is 1. The molecule has 0 saturated heterocycles. The summed E-state index contributed by atoms with van der Waals surface area (Å²) < 4.78 is 1.29. The number of hydrogen-bond donors (Lipinski definition) is 2. The lowest BCUT2D eigenvalue weighted by molar-refractivity contribution is 0.0842. The van der Waals surface area contributed by atoms with Crippen molar-refractivity contribution in [2.45, 2.75) is 30.5 Å². The van der Waals surface area contributed by atoms with E-state index in [4.69, 9.17) is 0 Å². The first-order chi connectivity index (χ1) is 16.1. The summed E-state index contributed by atoms with van der Waals surface area (Å²) in [5.41, 5.74) is 5.24. The number of nitrogens with zero attached hydrogens (tertiary/aromatic N) is 2. The van der Waals surface area contributed by atoms with Crippen LogP contribution in [-0.4, -0.2) is 21.6 Å². The summed E-state index contributed by atoms with van der Waals surface area (Å²) in [7, 11) is 0. The standard InChI is InChI=1S/C24H22N4O3S2/c1-2-13-28-24(31)18-10-4-3-9-17(18)21(27-28)23(30)26-25-22(29)19-11-5-6-12-20(19)33-15-16-8-7-14-32-16/h3-12,14H,2,13,15H2,1H3,(H,25,29)(H,26,30). The molecule has 0 spiro atoms. The fourth-order valence-electron chi connectivity index (χ4n) is 3.33. The third kappa shape index (κ3) is 5.15. The number of aromatic nitrogens is 2. The number of carbonyl (C=O) groups excluding carboxylic acids is 2. The maximum absolute atomic E-state index is 12.9. The van der Waals surface area contributed by atoms with Crippen molar-refractivity contribution >= 4 is 45.7 Å². The van der Waals surface area contributed by atoms with Crippen LogP contribution in [0.25, 0.3) is 10.8 Å². The Morgan fingerprint density at radius 1 is 0.970 bits per heavy atom. The van der Waals surface area contributed by atoms with Gasteiger partial charge in [0, 0.05) is 27.5 Å². The van der Waals surface area contributed by atoms with Gasteiger partial charge in [-0.2, -0.15) is 5.10 Å². The highest BCUT2D eigenvalue weighted by atomic mass is 32.2. The molecular weight excluding hydrogens is 456 g/mol. The summed E-state index contributed by atoms with van der Waals surface area (Å²) in [4.78, 5) is 40.4. The van der Waals surface area contributed by atoms with E-state index in [-0.39, 0.29) is 11.3 Å². The second-order valence-corrected chi connectivity index (χ2v) is 9.24. The Hall–Kier alpha value is -3.43. The molecule has 2 aromatic heterocycles. The number of hydrogen-bond acceptors (Lipinski definition) is 6. The molecule has 2 heterocycles. The molecule has 33 heavy (non-hydrogen) atoms. The summed E-state index contributed by atoms with van der Waals surface area (Å²) in [5.74, 6) is -0.264. The summed E-state index contributed by atoms with van der Waals surface area (Å²) in [6.07, 6.45) is 0.697. The monoisotopic (exact) mass is 478 g/mol. The van der Waals surface area contributed by atoms with Crippen molar-refractivity contribution in [2.24, 2.45) is 0 Å². The maximum Gasteiger partial charge on any atom is 0.290 e. The topological polar surface area (TPSA) is 93.1 Å². The molecule has 0 aliphatic heterocycles. The molecule has 4 rings (SSSR count). The average molecular weight is 479 g/mol. The number of amides is 2. The van der Waals surface area contributed by atoms with Crippen molar-refractivity contribution in [3.05, 3.63) is 92.5 Å². The number of thioether (sulfide) groups is 1. The zero-order valence-corrected chi connectivity index (χ0v) is 19.5. The van der Waals surface area contributed by atoms with E-state index in [1.54, 1.807) is 59.5 Å². The Labute approximate surface area is 198 Å². The van der Waals surface area contributed by atoms with Crippen LogP contribution >= 0.6 is 23.1 Å². The van der Waals surface area contributed by atoms with Crippen LogP contribution in [0.4, 0.5) is 0 Å². The zero-order chi connectivity index (χ0) is 23.2. The third-order valence-corrected chi connectivity index (χ3v) is 7.07. The fourth-order valence-corrected chi connectivity index (χ4v) is 5.15. The van der Waals surface area contributed by atoms with E-state index in [1.807, 2.05) is 30.5 Å². The molecule has 0 aliphatic carbocycles. The maximum atomic E-state index is 12.9. The molecule has 0 saturated carbocycles. The van der Waals surface area contributed by atoms with Gasteiger partial charge < -0.3 is 0 Å². The first-order valence-electron chi connectivity index (χ1n) is 10.4. The van der Waals surface area contributed by atoms with E-state index in [2.05, 4.69) is 22.0 Å². The van der Waals surface area contributed by atoms with Gasteiger partial charge in [0.05, 0.1) is 10.9 Å². The van der Waals surface area contributed by atoms with Crippen LogP contribution in [0, 0.1) is 0 Å². The molecule has 2 N–H and O–H groups in total. The highest BCUT2D eigenvalue weighted by molar-refractivity contribution is 7.98. The molecule has 4 aromatic rings. The number of fused-ring (bicyclic) bond motifs is 1. The minimum Gasteiger partial charge on any atom is -0.267 e. The van der Waals surface area contributed by atoms with E-state index in [9.17, 15) is 14.4 Å². The van der Waals surface area contributed by atoms with Gasteiger partial charge in [0.1, 0.15) is 0 Å². The van der Waals surface area contributed by atoms with Gasteiger partial charge in [-0.25, -0.2) is 4.68 Å². The quantitative estimate of drug-likeness (QED) is 0.306. The Morgan fingerprint density at radius 2 is 1.70 bits per heavy atom. The molecule has 0 bridgehead atoms. The predicted molar refractivity (Wildman–Crippen MR) is 132 cm³/mol. The molecule has 0 atom stereocenters. The summed E-state index contributed by atoms with van der Waals surface area (Å²) in [5, 5.41) is 7.12. The summed E-state index contributed by atoms with van der Waals surface area (Å²) >= 11 is 3.23. The van der Waals surface area contributed by atoms with Crippen molar-refractivity contribution in [3.8, 4) is 0 Å². The smallest absolute Gasteiger partial charge is 0.267 e. The largest absolute Gasteiger partial charge is 0.290 e. The molecular formula is C24H22N4O3S2. The van der Waals surface area contributed by atoms with E-state index in [0.717, 1.165) is 10.6 Å². The molecule has 9 heteroatoms. The van der Waals surface area contributed by atoms with Crippen molar-refractivity contribution in [1.29, 1.82) is 0 Å². The van der Waals surface area contributed by atoms with E-state index in [1.165, 1.54) is 9.56 Å². The number of rotatable bonds is 7. The first-order valence-corrected chi connectivity index (χ1v) is 12.3. The van der Waals surface area contributed by atoms with Crippen LogP contribution in [0.1, 0.15) is 39.1 Å². The van der Waals surface area contributed by atoms with Gasteiger partial charge in [-0.15, -0.1) is 23.1 Å². The van der Waals surface area contributed by atoms with Crippen LogP contribution in [0.2, 0.25) is 0 Å². The van der Waals surface area contributed by atoms with Crippen molar-refractivity contribution in [2.75, 3.05) is 0 Å². The first kappa shape index (κ1) is 22.8. The predicted octanol–water partition coefficient (Wildman–Crippen LogP) is 4.24. The van der Waals surface area contributed by atoms with Crippen LogP contribution in [0.3, 0.4) is 0 Å². The highest BCUT2D eigenvalue weighted by Crippen LogP contribution is 2.27. The van der Waals surface area contributed by atoms with Gasteiger partial charge in [-0.3, -0.25) is 25.2 Å². The third-order valence-electron chi connectivity index (χ3n) is 4.89. The number of aryl methyl sites for hydroxylation is 1. The molecule has 0 unspecified atom stereocenters. The molecule has 7 nitrogen and oxygen atoms in total. The highest BCUT2D eigenvalue weighted by Gasteiger charge is 2.18. The Balaban J connectivity index is 1.52. The second kappa shape index (κ2) is 10.5. The lowest BCUT2D eigenvalue weighted by Crippen LogP contribution is -2.43. The van der Waals surface area contributed by atoms with Gasteiger partial charge in [0.15, 0.2) is 5.69 Å². The van der Waals surface area contributed by atoms with E-state index < -0.39 is 11.8 Å². The van der Waals surface area contributed by atoms with E-state index in [0.29, 0.717) is 29.3 Å². The number of nitrogens with one attached hydrogen (secondary N) is 2. The lowest BCUT2D eigenvalue weighted by Gasteiger charge is -2.12. The summed E-state index contributed by atoms with van der Waals surface area (Å²) in [6.45, 7) is 2.32. The Kier molecular flexibility index (Phi) is 7.21. The molecule has 2 aromatic carbocycles. The van der Waals surface area contributed by atoms with Gasteiger partial charge >= 0.3 is 0 Å². The number of benzene rings is 2. The fraction of sp³-hybridized carbons (Fsp3) is 0.167. The van der Waals surface area contributed by atoms with Crippen molar-refractivity contribution in [1.82, 2.24) is 20.6 Å². The van der Waals surface area contributed by atoms with Crippen LogP contribution in [-0.2, 0) is 12.3 Å². The minimum atomic E-state index is -0.590. The second-order valence-electron chi connectivity index (χ2n) is 7.19. The summed E-state index contributed by atoms with van der Waals surface area (Å²) in [6, 6.07) is 18.1. The minimum absolute atomic E-state index is 0.0827. The number of carbonyl (C=O) groups is 2. The van der Waals surface area contributed by atoms with Crippen molar-refractivity contribution in [3.63, 3.8) is 0 Å². The molecule has 168 valence electrons. The van der Waals surface area contributed by atoms with E-state index >= 15 is 0 Å². The Morgan fingerprint density at radius 3 is 2.45 bits per heavy atom. The van der Waals surface area contributed by atoms with Gasteiger partial charge in [-0.05, 0) is 36.1 Å². The molecule has 2 amide bonds. The van der Waals surface area contributed by atoms with Crippen LogP contribution in [0.15, 0.2) is 75.7 Å². The van der Waals surface area contributed by atoms with Gasteiger partial charge in [-0.1, -0.05) is 43.3 Å². The van der Waals surface area contributed by atoms with Gasteiger partial charge in [0.25, 0.3) is 17.4 Å². The Bertz CT molecular complexity index is 1350. The normalized spacial score (nSPS) is 10.8. The molecule has 0 radical (unpaired) electrons. The van der Waals surface area contributed by atoms with Crippen molar-refractivity contribution < 1.29 is 9.59 Å².